The number of hydrogen-bond donors (Lipinski definition) is 3. The van der Waals surface area contributed by atoms with Gasteiger partial charge in [-0.05, 0) is 95.4 Å². The van der Waals surface area contributed by atoms with Crippen LogP contribution >= 0.6 is 0 Å². The van der Waals surface area contributed by atoms with Crippen LogP contribution in [0.15, 0.2) is 11.1 Å². The minimum atomic E-state index is -1.22. The molecule has 1 spiro atoms. The van der Waals surface area contributed by atoms with Gasteiger partial charge in [0.1, 0.15) is 22.7 Å². The molecule has 1 unspecified atom stereocenters. The molecule has 1 aromatic carbocycles. The van der Waals surface area contributed by atoms with Crippen molar-refractivity contribution in [3.05, 3.63) is 22.8 Å². The highest BCUT2D eigenvalue weighted by atomic mass is 32.2. The molecule has 39 heavy (non-hydrogen) atoms. The third-order valence-corrected chi connectivity index (χ3v) is 9.80. The molecule has 1 saturated heterocycles. The SMILES string of the molecule is Cc1cc(NC(=O)OC(C)(C)C)c(O)c(C)c1CCS(=O)N1CCC2(CC1)N=C(C1CCC(C)CC1)NC2=O. The lowest BCUT2D eigenvalue weighted by Crippen LogP contribution is -2.49. The number of benzene rings is 1. The van der Waals surface area contributed by atoms with Crippen molar-refractivity contribution >= 4 is 34.5 Å². The summed E-state index contributed by atoms with van der Waals surface area (Å²) >= 11 is 0. The van der Waals surface area contributed by atoms with Gasteiger partial charge in [-0.2, -0.15) is 0 Å². The number of piperidine rings is 1. The van der Waals surface area contributed by atoms with E-state index < -0.39 is 28.2 Å². The number of carbonyl (C=O) groups is 2. The van der Waals surface area contributed by atoms with E-state index in [9.17, 15) is 18.9 Å². The Labute approximate surface area is 234 Å². The minimum Gasteiger partial charge on any atom is -0.505 e. The highest BCUT2D eigenvalue weighted by Gasteiger charge is 2.47. The molecule has 10 heteroatoms. The minimum absolute atomic E-state index is 0.00311. The second kappa shape index (κ2) is 11.6. The second-order valence-corrected chi connectivity index (χ2v) is 14.0. The molecule has 2 heterocycles. The third kappa shape index (κ3) is 6.82. The van der Waals surface area contributed by atoms with E-state index in [-0.39, 0.29) is 11.7 Å². The molecular formula is C29H44N4O5S. The van der Waals surface area contributed by atoms with Crippen molar-refractivity contribution in [1.82, 2.24) is 9.62 Å². The molecule has 0 radical (unpaired) electrons. The van der Waals surface area contributed by atoms with Gasteiger partial charge >= 0.3 is 6.09 Å². The summed E-state index contributed by atoms with van der Waals surface area (Å²) in [7, 11) is -1.22. The molecule has 3 N–H and O–H groups in total. The number of aliphatic imine (C=N–C) groups is 1. The molecule has 4 rings (SSSR count). The summed E-state index contributed by atoms with van der Waals surface area (Å²) in [6.07, 6.45) is 5.56. The number of phenols is 1. The number of amidine groups is 1. The van der Waals surface area contributed by atoms with Crippen LogP contribution in [0.5, 0.6) is 5.75 Å². The van der Waals surface area contributed by atoms with E-state index in [0.717, 1.165) is 35.7 Å². The Balaban J connectivity index is 1.33. The van der Waals surface area contributed by atoms with Gasteiger partial charge in [-0.3, -0.25) is 15.1 Å². The zero-order chi connectivity index (χ0) is 28.5. The van der Waals surface area contributed by atoms with E-state index in [2.05, 4.69) is 17.6 Å². The summed E-state index contributed by atoms with van der Waals surface area (Å²) in [5.74, 6) is 2.37. The fourth-order valence-electron chi connectivity index (χ4n) is 5.89. The van der Waals surface area contributed by atoms with Crippen molar-refractivity contribution in [3.8, 4) is 5.75 Å². The fourth-order valence-corrected chi connectivity index (χ4v) is 7.12. The van der Waals surface area contributed by atoms with Gasteiger partial charge in [0.15, 0.2) is 0 Å². The third-order valence-electron chi connectivity index (χ3n) is 8.30. The second-order valence-electron chi connectivity index (χ2n) is 12.5. The van der Waals surface area contributed by atoms with E-state index in [4.69, 9.17) is 9.73 Å². The van der Waals surface area contributed by atoms with Gasteiger partial charge in [-0.15, -0.1) is 0 Å². The van der Waals surface area contributed by atoms with Crippen molar-refractivity contribution in [2.24, 2.45) is 16.8 Å². The van der Waals surface area contributed by atoms with Crippen LogP contribution in [0.2, 0.25) is 0 Å². The van der Waals surface area contributed by atoms with Crippen molar-refractivity contribution in [2.75, 3.05) is 24.2 Å². The smallest absolute Gasteiger partial charge is 0.412 e. The van der Waals surface area contributed by atoms with Crippen LogP contribution in [0, 0.1) is 25.7 Å². The van der Waals surface area contributed by atoms with Crippen LogP contribution in [0.4, 0.5) is 10.5 Å². The molecular weight excluding hydrogens is 516 g/mol. The van der Waals surface area contributed by atoms with Crippen LogP contribution in [-0.4, -0.2) is 61.4 Å². The molecule has 216 valence electrons. The number of carbonyl (C=O) groups excluding carboxylic acids is 2. The maximum absolute atomic E-state index is 13.2. The number of aryl methyl sites for hydroxylation is 1. The molecule has 1 atom stereocenters. The Morgan fingerprint density at radius 3 is 2.49 bits per heavy atom. The summed E-state index contributed by atoms with van der Waals surface area (Å²) in [4.78, 5) is 30.1. The lowest BCUT2D eigenvalue weighted by molar-refractivity contribution is -0.124. The predicted molar refractivity (Wildman–Crippen MR) is 154 cm³/mol. The Bertz CT molecular complexity index is 1160. The zero-order valence-corrected chi connectivity index (χ0v) is 25.0. The number of amides is 2. The number of rotatable bonds is 6. The summed E-state index contributed by atoms with van der Waals surface area (Å²) in [5, 5.41) is 16.4. The van der Waals surface area contributed by atoms with Crippen molar-refractivity contribution < 1.29 is 23.6 Å². The number of nitrogens with zero attached hydrogens (tertiary/aromatic N) is 2. The Hall–Kier alpha value is -2.46. The quantitative estimate of drug-likeness (QED) is 0.434. The van der Waals surface area contributed by atoms with Gasteiger partial charge in [0.25, 0.3) is 5.91 Å². The molecule has 2 fully saturated rings. The lowest BCUT2D eigenvalue weighted by atomic mass is 9.82. The normalized spacial score (nSPS) is 24.3. The van der Waals surface area contributed by atoms with Crippen LogP contribution < -0.4 is 10.6 Å². The Morgan fingerprint density at radius 1 is 1.23 bits per heavy atom. The van der Waals surface area contributed by atoms with E-state index in [1.54, 1.807) is 33.8 Å². The molecule has 0 aromatic heterocycles. The van der Waals surface area contributed by atoms with Gasteiger partial charge in [0.05, 0.1) is 16.7 Å². The van der Waals surface area contributed by atoms with Gasteiger partial charge < -0.3 is 15.2 Å². The standard InChI is InChI=1S/C29H44N4O5S/c1-18-7-9-21(10-8-18)25-31-26(35)29(32-25)12-14-33(15-13-29)39(37)16-11-22-19(2)17-23(24(34)20(22)3)30-27(36)38-28(4,5)6/h17-18,21,34H,7-16H2,1-6H3,(H,30,36)(H,31,32,35). The van der Waals surface area contributed by atoms with Gasteiger partial charge in [-0.1, -0.05) is 19.8 Å². The first-order valence-electron chi connectivity index (χ1n) is 14.1. The lowest BCUT2D eigenvalue weighted by Gasteiger charge is -2.34. The average Bonchev–Trinajstić information content (AvgIpc) is 3.17. The zero-order valence-electron chi connectivity index (χ0n) is 24.2. The van der Waals surface area contributed by atoms with Crippen molar-refractivity contribution in [1.29, 1.82) is 0 Å². The first-order valence-corrected chi connectivity index (χ1v) is 15.4. The Morgan fingerprint density at radius 2 is 1.87 bits per heavy atom. The predicted octanol–water partition coefficient (Wildman–Crippen LogP) is 4.75. The summed E-state index contributed by atoms with van der Waals surface area (Å²) < 4.78 is 20.5. The summed E-state index contributed by atoms with van der Waals surface area (Å²) in [6.45, 7) is 12.4. The van der Waals surface area contributed by atoms with Crippen molar-refractivity contribution in [3.63, 3.8) is 0 Å². The van der Waals surface area contributed by atoms with Crippen LogP contribution in [0.25, 0.3) is 0 Å². The summed E-state index contributed by atoms with van der Waals surface area (Å²) in [6, 6.07) is 1.72. The molecule has 1 aliphatic carbocycles. The number of hydrogen-bond acceptors (Lipinski definition) is 6. The van der Waals surface area contributed by atoms with Crippen LogP contribution in [0.1, 0.15) is 82.9 Å². The highest BCUT2D eigenvalue weighted by Crippen LogP contribution is 2.36. The molecule has 2 aliphatic heterocycles. The maximum atomic E-state index is 13.2. The first-order chi connectivity index (χ1) is 18.3. The molecule has 9 nitrogen and oxygen atoms in total. The van der Waals surface area contributed by atoms with E-state index >= 15 is 0 Å². The summed E-state index contributed by atoms with van der Waals surface area (Å²) in [5.41, 5.74) is 1.39. The fraction of sp³-hybridized carbons (Fsp3) is 0.690. The van der Waals surface area contributed by atoms with Gasteiger partial charge in [0.2, 0.25) is 0 Å². The van der Waals surface area contributed by atoms with E-state index in [1.165, 1.54) is 12.8 Å². The Kier molecular flexibility index (Phi) is 8.76. The number of nitrogens with one attached hydrogen (secondary N) is 2. The van der Waals surface area contributed by atoms with Gasteiger partial charge in [-0.25, -0.2) is 13.3 Å². The first kappa shape index (κ1) is 29.5. The highest BCUT2D eigenvalue weighted by molar-refractivity contribution is 7.82. The number of aromatic hydroxyl groups is 1. The number of ether oxygens (including phenoxy) is 1. The van der Waals surface area contributed by atoms with Gasteiger partial charge in [0, 0.05) is 24.8 Å². The topological polar surface area (TPSA) is 120 Å². The van der Waals surface area contributed by atoms with E-state index in [0.29, 0.717) is 55.3 Å². The monoisotopic (exact) mass is 560 g/mol. The molecule has 1 aromatic rings. The van der Waals surface area contributed by atoms with E-state index in [1.807, 2.05) is 11.2 Å². The molecule has 1 saturated carbocycles. The molecule has 2 amide bonds. The number of phenolic OH excluding ortho intramolecular Hbond substituents is 1. The van der Waals surface area contributed by atoms with Crippen molar-refractivity contribution in [2.45, 2.75) is 97.6 Å². The van der Waals surface area contributed by atoms with Crippen LogP contribution in [0.3, 0.4) is 0 Å². The number of anilines is 1. The van der Waals surface area contributed by atoms with Crippen LogP contribution in [-0.2, 0) is 26.9 Å². The maximum Gasteiger partial charge on any atom is 0.412 e. The average molecular weight is 561 g/mol. The molecule has 0 bridgehead atoms. The molecule has 3 aliphatic rings. The largest absolute Gasteiger partial charge is 0.505 e.